The van der Waals surface area contributed by atoms with E-state index >= 15 is 0 Å². The Labute approximate surface area is 75.4 Å². The topological polar surface area (TPSA) is 17.1 Å². The van der Waals surface area contributed by atoms with Gasteiger partial charge in [0.2, 0.25) is 0 Å². The maximum Gasteiger partial charge on any atom is 0.196 e. The van der Waals surface area contributed by atoms with Gasteiger partial charge in [-0.25, -0.2) is 4.39 Å². The number of carbonyl (C=O) groups is 1. The second-order valence-electron chi connectivity index (χ2n) is 2.68. The number of hydrogen-bond acceptors (Lipinski definition) is 1. The lowest BCUT2D eigenvalue weighted by molar-refractivity contribution is 0.0861. The largest absolute Gasteiger partial charge is 0.291 e. The molecule has 1 aromatic rings. The first-order valence-electron chi connectivity index (χ1n) is 4.05. The van der Waals surface area contributed by atoms with E-state index in [1.54, 1.807) is 18.2 Å². The molecule has 0 saturated heterocycles. The number of hydrogen-bond donors (Lipinski definition) is 0. The first-order valence-corrected chi connectivity index (χ1v) is 4.05. The Bertz CT molecular complexity index is 272. The van der Waals surface area contributed by atoms with Crippen LogP contribution in [-0.2, 0) is 0 Å². The smallest absolute Gasteiger partial charge is 0.196 e. The van der Waals surface area contributed by atoms with E-state index in [2.05, 4.69) is 0 Å². The highest BCUT2D eigenvalue weighted by molar-refractivity contribution is 5.99. The van der Waals surface area contributed by atoms with E-state index in [9.17, 15) is 13.6 Å². The van der Waals surface area contributed by atoms with Crippen LogP contribution in [0.1, 0.15) is 16.8 Å². The van der Waals surface area contributed by atoms with Gasteiger partial charge in [0.05, 0.1) is 6.67 Å². The van der Waals surface area contributed by atoms with Gasteiger partial charge in [-0.2, -0.15) is 0 Å². The predicted octanol–water partition coefficient (Wildman–Crippen LogP) is 2.57. The van der Waals surface area contributed by atoms with Crippen molar-refractivity contribution in [3.8, 4) is 0 Å². The number of ketones is 1. The molecule has 0 amide bonds. The highest BCUT2D eigenvalue weighted by atomic mass is 19.1. The molecule has 1 unspecified atom stereocenters. The molecule has 0 bridgehead atoms. The Morgan fingerprint density at radius 1 is 1.31 bits per heavy atom. The molecule has 13 heavy (non-hydrogen) atoms. The minimum absolute atomic E-state index is 0.295. The van der Waals surface area contributed by atoms with Crippen LogP contribution in [0.15, 0.2) is 30.3 Å². The fourth-order valence-corrected chi connectivity index (χ4v) is 1.01. The molecular formula is C10H10F2O. The van der Waals surface area contributed by atoms with Crippen LogP contribution < -0.4 is 0 Å². The van der Waals surface area contributed by atoms with E-state index < -0.39 is 18.6 Å². The van der Waals surface area contributed by atoms with E-state index in [1.165, 1.54) is 12.1 Å². The van der Waals surface area contributed by atoms with Gasteiger partial charge >= 0.3 is 0 Å². The van der Waals surface area contributed by atoms with Crippen molar-refractivity contribution in [2.45, 2.75) is 12.6 Å². The molecular weight excluding hydrogens is 174 g/mol. The van der Waals surface area contributed by atoms with E-state index in [0.29, 0.717) is 5.56 Å². The lowest BCUT2D eigenvalue weighted by Gasteiger charge is -2.03. The lowest BCUT2D eigenvalue weighted by atomic mass is 10.1. The second kappa shape index (κ2) is 4.70. The van der Waals surface area contributed by atoms with E-state index in [4.69, 9.17) is 0 Å². The predicted molar refractivity (Wildman–Crippen MR) is 46.3 cm³/mol. The zero-order chi connectivity index (χ0) is 9.68. The van der Waals surface area contributed by atoms with Crippen LogP contribution in [0.3, 0.4) is 0 Å². The molecule has 0 N–H and O–H groups in total. The van der Waals surface area contributed by atoms with Crippen molar-refractivity contribution in [3.63, 3.8) is 0 Å². The number of rotatable bonds is 4. The van der Waals surface area contributed by atoms with Gasteiger partial charge in [0.1, 0.15) is 0 Å². The number of benzene rings is 1. The monoisotopic (exact) mass is 184 g/mol. The number of alkyl halides is 2. The minimum Gasteiger partial charge on any atom is -0.291 e. The first kappa shape index (κ1) is 9.84. The van der Waals surface area contributed by atoms with Crippen molar-refractivity contribution in [1.82, 2.24) is 0 Å². The molecule has 1 atom stereocenters. The first-order chi connectivity index (χ1) is 6.25. The summed E-state index contributed by atoms with van der Waals surface area (Å²) in [5, 5.41) is 0. The van der Waals surface area contributed by atoms with Crippen LogP contribution in [0.25, 0.3) is 0 Å². The van der Waals surface area contributed by atoms with Crippen LogP contribution in [0, 0.1) is 0 Å². The Kier molecular flexibility index (Phi) is 3.55. The summed E-state index contributed by atoms with van der Waals surface area (Å²) < 4.78 is 24.6. The maximum atomic E-state index is 12.9. The van der Waals surface area contributed by atoms with Gasteiger partial charge < -0.3 is 0 Å². The van der Waals surface area contributed by atoms with Gasteiger partial charge in [-0.15, -0.1) is 0 Å². The van der Waals surface area contributed by atoms with Crippen molar-refractivity contribution < 1.29 is 13.6 Å². The van der Waals surface area contributed by atoms with Crippen molar-refractivity contribution in [2.75, 3.05) is 6.67 Å². The molecule has 0 fully saturated rings. The zero-order valence-corrected chi connectivity index (χ0v) is 7.04. The number of halogens is 2. The summed E-state index contributed by atoms with van der Waals surface area (Å²) in [5.74, 6) is -0.641. The van der Waals surface area contributed by atoms with Gasteiger partial charge in [0.15, 0.2) is 12.0 Å². The third kappa shape index (κ3) is 2.61. The highest BCUT2D eigenvalue weighted by Crippen LogP contribution is 2.09. The average Bonchev–Trinajstić information content (AvgIpc) is 2.18. The Morgan fingerprint density at radius 3 is 2.46 bits per heavy atom. The molecule has 0 radical (unpaired) electrons. The van der Waals surface area contributed by atoms with Crippen molar-refractivity contribution in [1.29, 1.82) is 0 Å². The van der Waals surface area contributed by atoms with Gasteiger partial charge in [0, 0.05) is 12.0 Å². The molecule has 0 heterocycles. The summed E-state index contributed by atoms with van der Waals surface area (Å²) in [5.41, 5.74) is 0.295. The van der Waals surface area contributed by atoms with E-state index in [0.717, 1.165) is 0 Å². The Morgan fingerprint density at radius 2 is 1.92 bits per heavy atom. The van der Waals surface area contributed by atoms with Crippen LogP contribution in [0.4, 0.5) is 8.78 Å². The summed E-state index contributed by atoms with van der Waals surface area (Å²) in [6.45, 7) is -0.806. The Balaban J connectivity index is 2.68. The summed E-state index contributed by atoms with van der Waals surface area (Å²) in [7, 11) is 0. The van der Waals surface area contributed by atoms with Gasteiger partial charge in [-0.05, 0) is 0 Å². The quantitative estimate of drug-likeness (QED) is 0.657. The summed E-state index contributed by atoms with van der Waals surface area (Å²) >= 11 is 0. The van der Waals surface area contributed by atoms with Crippen LogP contribution in [0.2, 0.25) is 0 Å². The number of Topliss-reactive ketones (excluding diaryl/α,β-unsaturated/α-hetero) is 1. The molecule has 0 aliphatic carbocycles. The highest BCUT2D eigenvalue weighted by Gasteiger charge is 2.17. The molecule has 1 nitrogen and oxygen atoms in total. The summed E-state index contributed by atoms with van der Waals surface area (Å²) in [6, 6.07) is 8.07. The molecule has 0 aliphatic rings. The normalized spacial score (nSPS) is 12.5. The van der Waals surface area contributed by atoms with Crippen LogP contribution in [0.5, 0.6) is 0 Å². The molecule has 0 spiro atoms. The fourth-order valence-electron chi connectivity index (χ4n) is 1.01. The molecule has 1 aromatic carbocycles. The van der Waals surface area contributed by atoms with Gasteiger partial charge in [0.25, 0.3) is 0 Å². The molecule has 0 aliphatic heterocycles. The third-order valence-corrected chi connectivity index (χ3v) is 1.71. The molecule has 70 valence electrons. The van der Waals surface area contributed by atoms with Crippen molar-refractivity contribution in [2.24, 2.45) is 0 Å². The van der Waals surface area contributed by atoms with Gasteiger partial charge in [-0.3, -0.25) is 9.18 Å². The third-order valence-electron chi connectivity index (χ3n) is 1.71. The SMILES string of the molecule is O=C(c1ccccc1)C(F)CCF. The van der Waals surface area contributed by atoms with Gasteiger partial charge in [-0.1, -0.05) is 30.3 Å². The zero-order valence-electron chi connectivity index (χ0n) is 7.04. The standard InChI is InChI=1S/C10H10F2O/c11-7-6-9(12)10(13)8-4-2-1-3-5-8/h1-5,9H,6-7H2. The van der Waals surface area contributed by atoms with Crippen LogP contribution in [-0.4, -0.2) is 18.6 Å². The average molecular weight is 184 g/mol. The Hall–Kier alpha value is -1.25. The van der Waals surface area contributed by atoms with E-state index in [1.807, 2.05) is 0 Å². The fraction of sp³-hybridized carbons (Fsp3) is 0.300. The molecule has 1 rings (SSSR count). The lowest BCUT2D eigenvalue weighted by Crippen LogP contribution is -2.16. The molecule has 3 heteroatoms. The summed E-state index contributed by atoms with van der Waals surface area (Å²) in [4.78, 5) is 11.2. The van der Waals surface area contributed by atoms with E-state index in [-0.39, 0.29) is 6.42 Å². The molecule has 0 saturated carbocycles. The van der Waals surface area contributed by atoms with Crippen molar-refractivity contribution in [3.05, 3.63) is 35.9 Å². The minimum atomic E-state index is -1.72. The van der Waals surface area contributed by atoms with Crippen molar-refractivity contribution >= 4 is 5.78 Å². The maximum absolute atomic E-state index is 12.9. The van der Waals surface area contributed by atoms with Crippen LogP contribution >= 0.6 is 0 Å². The molecule has 0 aromatic heterocycles. The number of carbonyl (C=O) groups excluding carboxylic acids is 1. The second-order valence-corrected chi connectivity index (χ2v) is 2.68. The summed E-state index contributed by atoms with van der Waals surface area (Å²) in [6.07, 6.45) is -2.07.